The minimum Gasteiger partial charge on any atom is -0.497 e. The van der Waals surface area contributed by atoms with Crippen LogP contribution in [-0.2, 0) is 11.3 Å². The molecule has 5 aromatic rings. The molecule has 0 bridgehead atoms. The van der Waals surface area contributed by atoms with E-state index in [0.29, 0.717) is 24.5 Å². The van der Waals surface area contributed by atoms with E-state index >= 15 is 0 Å². The van der Waals surface area contributed by atoms with E-state index in [1.807, 2.05) is 30.3 Å². The van der Waals surface area contributed by atoms with Crippen molar-refractivity contribution >= 4 is 16.8 Å². The van der Waals surface area contributed by atoms with Gasteiger partial charge in [-0.3, -0.25) is 4.79 Å². The number of aryl methyl sites for hydroxylation is 1. The second-order valence-corrected chi connectivity index (χ2v) is 10.3. The highest BCUT2D eigenvalue weighted by Crippen LogP contribution is 2.38. The third kappa shape index (κ3) is 6.46. The van der Waals surface area contributed by atoms with Crippen molar-refractivity contribution in [2.45, 2.75) is 38.1 Å². The van der Waals surface area contributed by atoms with E-state index in [2.05, 4.69) is 95.8 Å². The summed E-state index contributed by atoms with van der Waals surface area (Å²) in [4.78, 5) is 13.6. The maximum absolute atomic E-state index is 13.6. The number of hydrogen-bond acceptors (Lipinski definition) is 3. The van der Waals surface area contributed by atoms with Crippen LogP contribution in [0.1, 0.15) is 53.9 Å². The van der Waals surface area contributed by atoms with Gasteiger partial charge in [-0.15, -0.1) is 0 Å². The first kappa shape index (κ1) is 28.0. The lowest BCUT2D eigenvalue weighted by Crippen LogP contribution is -2.27. The molecule has 0 spiro atoms. The number of nitrogens with one attached hydrogen (secondary N) is 1. The number of methoxy groups -OCH3 is 2. The van der Waals surface area contributed by atoms with Crippen molar-refractivity contribution < 1.29 is 14.3 Å². The molecular formula is C36H38N2O3. The Labute approximate surface area is 242 Å². The predicted molar refractivity (Wildman–Crippen MR) is 166 cm³/mol. The minimum absolute atomic E-state index is 0.0185. The van der Waals surface area contributed by atoms with E-state index in [4.69, 9.17) is 9.47 Å². The van der Waals surface area contributed by atoms with Crippen molar-refractivity contribution in [2.24, 2.45) is 0 Å². The Balaban J connectivity index is 1.41. The van der Waals surface area contributed by atoms with Crippen LogP contribution in [0.4, 0.5) is 0 Å². The molecule has 0 fully saturated rings. The predicted octanol–water partition coefficient (Wildman–Crippen LogP) is 7.54. The molecule has 1 heterocycles. The normalized spacial score (nSPS) is 11.9. The fraction of sp³-hybridized carbons (Fsp3) is 0.250. The number of benzene rings is 4. The molecule has 1 unspecified atom stereocenters. The van der Waals surface area contributed by atoms with Crippen LogP contribution in [0.25, 0.3) is 10.9 Å². The summed E-state index contributed by atoms with van der Waals surface area (Å²) in [7, 11) is 3.30. The Morgan fingerprint density at radius 1 is 0.756 bits per heavy atom. The summed E-state index contributed by atoms with van der Waals surface area (Å²) in [5.74, 6) is 1.47. The van der Waals surface area contributed by atoms with E-state index in [9.17, 15) is 4.79 Å². The van der Waals surface area contributed by atoms with Gasteiger partial charge < -0.3 is 19.4 Å². The molecule has 210 valence electrons. The topological polar surface area (TPSA) is 52.5 Å². The summed E-state index contributed by atoms with van der Waals surface area (Å²) in [5.41, 5.74) is 5.78. The van der Waals surface area contributed by atoms with Crippen LogP contribution in [0.3, 0.4) is 0 Å². The van der Waals surface area contributed by atoms with Crippen molar-refractivity contribution in [3.05, 3.63) is 132 Å². The van der Waals surface area contributed by atoms with Gasteiger partial charge in [0.05, 0.1) is 14.2 Å². The third-order valence-electron chi connectivity index (χ3n) is 7.86. The van der Waals surface area contributed by atoms with E-state index in [1.165, 1.54) is 16.6 Å². The molecule has 5 rings (SSSR count). The first-order valence-electron chi connectivity index (χ1n) is 14.3. The van der Waals surface area contributed by atoms with Gasteiger partial charge in [0.15, 0.2) is 0 Å². The lowest BCUT2D eigenvalue weighted by Gasteiger charge is -2.21. The molecule has 1 atom stereocenters. The van der Waals surface area contributed by atoms with Crippen LogP contribution in [0, 0.1) is 0 Å². The summed E-state index contributed by atoms with van der Waals surface area (Å²) in [6.45, 7) is 3.57. The zero-order chi connectivity index (χ0) is 28.6. The molecule has 0 aliphatic heterocycles. The lowest BCUT2D eigenvalue weighted by molar-refractivity contribution is -0.121. The molecule has 0 radical (unpaired) electrons. The second kappa shape index (κ2) is 13.2. The molecule has 1 aromatic heterocycles. The number of carbonyl (C=O) groups excluding carboxylic acids is 1. The lowest BCUT2D eigenvalue weighted by atomic mass is 9.87. The van der Waals surface area contributed by atoms with Crippen LogP contribution < -0.4 is 14.8 Å². The number of aromatic nitrogens is 1. The average molecular weight is 547 g/mol. The molecule has 5 nitrogen and oxygen atoms in total. The zero-order valence-corrected chi connectivity index (χ0v) is 24.0. The summed E-state index contributed by atoms with van der Waals surface area (Å²) in [6, 6.07) is 35.3. The number of carbonyl (C=O) groups is 1. The van der Waals surface area contributed by atoms with Gasteiger partial charge in [-0.1, -0.05) is 78.9 Å². The van der Waals surface area contributed by atoms with Crippen molar-refractivity contribution in [1.29, 1.82) is 0 Å². The highest BCUT2D eigenvalue weighted by Gasteiger charge is 2.24. The number of rotatable bonds is 12. The highest BCUT2D eigenvalue weighted by molar-refractivity contribution is 5.86. The summed E-state index contributed by atoms with van der Waals surface area (Å²) in [6.07, 6.45) is 3.32. The molecule has 5 heteroatoms. The maximum atomic E-state index is 13.6. The molecule has 41 heavy (non-hydrogen) atoms. The van der Waals surface area contributed by atoms with Crippen LogP contribution >= 0.6 is 0 Å². The summed E-state index contributed by atoms with van der Waals surface area (Å²) < 4.78 is 13.4. The number of ether oxygens (including phenoxy) is 2. The number of amides is 1. The first-order valence-corrected chi connectivity index (χ1v) is 14.3. The number of fused-ring (bicyclic) bond motifs is 1. The molecule has 0 aliphatic carbocycles. The number of nitrogens with zero attached hydrogens (tertiary/aromatic N) is 1. The van der Waals surface area contributed by atoms with Gasteiger partial charge in [0.25, 0.3) is 0 Å². The number of hydrogen-bond donors (Lipinski definition) is 1. The Hall–Kier alpha value is -4.51. The van der Waals surface area contributed by atoms with Gasteiger partial charge in [0.1, 0.15) is 11.5 Å². The van der Waals surface area contributed by atoms with E-state index in [0.717, 1.165) is 29.5 Å². The Morgan fingerprint density at radius 3 is 1.93 bits per heavy atom. The fourth-order valence-electron chi connectivity index (χ4n) is 5.76. The zero-order valence-electron chi connectivity index (χ0n) is 24.0. The standard InChI is InChI=1S/C36H38N2O3/c1-4-38-25-34(32-17-11-12-18-35(32)38)33(28-21-29(40-2)23-30(22-28)41-3)24-36(39)37-20-19-31(26-13-7-5-8-14-26)27-15-9-6-10-16-27/h5-18,21-23,25,31,33H,4,19-20,24H2,1-3H3,(H,37,39). The Bertz CT molecular complexity index is 1520. The van der Waals surface area contributed by atoms with Crippen LogP contribution in [0.15, 0.2) is 109 Å². The monoisotopic (exact) mass is 546 g/mol. The van der Waals surface area contributed by atoms with Gasteiger partial charge >= 0.3 is 0 Å². The van der Waals surface area contributed by atoms with Gasteiger partial charge in [0, 0.05) is 54.5 Å². The third-order valence-corrected chi connectivity index (χ3v) is 7.86. The molecule has 0 saturated heterocycles. The maximum Gasteiger partial charge on any atom is 0.220 e. The summed E-state index contributed by atoms with van der Waals surface area (Å²) >= 11 is 0. The van der Waals surface area contributed by atoms with Gasteiger partial charge in [0.2, 0.25) is 5.91 Å². The first-order chi connectivity index (χ1) is 20.1. The molecule has 4 aromatic carbocycles. The Kier molecular flexibility index (Phi) is 9.05. The van der Waals surface area contributed by atoms with Crippen LogP contribution in [0.2, 0.25) is 0 Å². The molecular weight excluding hydrogens is 508 g/mol. The van der Waals surface area contributed by atoms with Crippen molar-refractivity contribution in [3.8, 4) is 11.5 Å². The fourth-order valence-corrected chi connectivity index (χ4v) is 5.76. The molecule has 1 amide bonds. The largest absolute Gasteiger partial charge is 0.497 e. The van der Waals surface area contributed by atoms with Crippen LogP contribution in [0.5, 0.6) is 11.5 Å². The number of para-hydroxylation sites is 1. The van der Waals surface area contributed by atoms with Crippen LogP contribution in [-0.4, -0.2) is 31.2 Å². The van der Waals surface area contributed by atoms with E-state index < -0.39 is 0 Å². The molecule has 1 N–H and O–H groups in total. The quantitative estimate of drug-likeness (QED) is 0.176. The molecule has 0 aliphatic rings. The SMILES string of the molecule is CCn1cc(C(CC(=O)NCCC(c2ccccc2)c2ccccc2)c2cc(OC)cc(OC)c2)c2ccccc21. The second-order valence-electron chi connectivity index (χ2n) is 10.3. The van der Waals surface area contributed by atoms with Gasteiger partial charge in [-0.2, -0.15) is 0 Å². The molecule has 0 saturated carbocycles. The van der Waals surface area contributed by atoms with Crippen molar-refractivity contribution in [3.63, 3.8) is 0 Å². The van der Waals surface area contributed by atoms with E-state index in [1.54, 1.807) is 14.2 Å². The van der Waals surface area contributed by atoms with Gasteiger partial charge in [-0.05, 0) is 53.8 Å². The Morgan fingerprint density at radius 2 is 1.34 bits per heavy atom. The van der Waals surface area contributed by atoms with Gasteiger partial charge in [-0.25, -0.2) is 0 Å². The summed E-state index contributed by atoms with van der Waals surface area (Å²) in [5, 5.41) is 4.40. The van der Waals surface area contributed by atoms with Crippen molar-refractivity contribution in [1.82, 2.24) is 9.88 Å². The van der Waals surface area contributed by atoms with E-state index in [-0.39, 0.29) is 17.7 Å². The average Bonchev–Trinajstić information content (AvgIpc) is 3.41. The van der Waals surface area contributed by atoms with Crippen molar-refractivity contribution in [2.75, 3.05) is 20.8 Å². The minimum atomic E-state index is -0.171. The highest BCUT2D eigenvalue weighted by atomic mass is 16.5. The smallest absolute Gasteiger partial charge is 0.220 e.